The van der Waals surface area contributed by atoms with Crippen molar-refractivity contribution in [1.82, 2.24) is 0 Å². The minimum absolute atomic E-state index is 0.0110. The maximum Gasteiger partial charge on any atom is 0.200 e. The Hall–Kier alpha value is -1.61. The molecule has 0 aromatic heterocycles. The van der Waals surface area contributed by atoms with Crippen LogP contribution in [-0.2, 0) is 0 Å². The molecule has 2 rings (SSSR count). The second-order valence-corrected chi connectivity index (χ2v) is 5.38. The minimum atomic E-state index is -0.0110. The van der Waals surface area contributed by atoms with Crippen LogP contribution in [0.25, 0.3) is 0 Å². The van der Waals surface area contributed by atoms with Crippen LogP contribution in [0.2, 0.25) is 0 Å². The molecular weight excluding hydrogens is 304 g/mol. The van der Waals surface area contributed by atoms with Crippen molar-refractivity contribution < 1.29 is 9.53 Å². The fraction of sp³-hybridized carbons (Fsp3) is 0.188. The topological polar surface area (TPSA) is 26.3 Å². The molecule has 0 saturated heterocycles. The zero-order valence-corrected chi connectivity index (χ0v) is 12.5. The predicted octanol–water partition coefficient (Wildman–Crippen LogP) is 4.33. The van der Waals surface area contributed by atoms with Gasteiger partial charge in [0.25, 0.3) is 0 Å². The Morgan fingerprint density at radius 1 is 1.11 bits per heavy atom. The number of Topliss-reactive ketones (excluding diaryl/α,β-unsaturated/α-hetero) is 1. The molecule has 0 spiro atoms. The van der Waals surface area contributed by atoms with Gasteiger partial charge < -0.3 is 4.74 Å². The van der Waals surface area contributed by atoms with Crippen molar-refractivity contribution in [3.8, 4) is 5.75 Å². The first-order chi connectivity index (χ1) is 9.06. The summed E-state index contributed by atoms with van der Waals surface area (Å²) in [6.45, 7) is 4.09. The van der Waals surface area contributed by atoms with E-state index in [0.29, 0.717) is 11.3 Å². The maximum absolute atomic E-state index is 12.0. The van der Waals surface area contributed by atoms with Gasteiger partial charge in [-0.1, -0.05) is 34.1 Å². The van der Waals surface area contributed by atoms with Crippen molar-refractivity contribution >= 4 is 21.7 Å². The van der Waals surface area contributed by atoms with Crippen LogP contribution in [0.4, 0.5) is 0 Å². The van der Waals surface area contributed by atoms with Crippen molar-refractivity contribution in [2.24, 2.45) is 0 Å². The summed E-state index contributed by atoms with van der Waals surface area (Å²) in [6, 6.07) is 13.2. The molecule has 0 saturated carbocycles. The molecule has 2 aromatic carbocycles. The van der Waals surface area contributed by atoms with Crippen LogP contribution in [0.15, 0.2) is 46.9 Å². The molecule has 0 aliphatic carbocycles. The van der Waals surface area contributed by atoms with Crippen molar-refractivity contribution in [3.05, 3.63) is 63.6 Å². The van der Waals surface area contributed by atoms with Gasteiger partial charge in [0.2, 0.25) is 0 Å². The molecule has 0 aliphatic heterocycles. The van der Waals surface area contributed by atoms with Gasteiger partial charge in [-0.05, 0) is 49.2 Å². The first-order valence-electron chi connectivity index (χ1n) is 6.05. The van der Waals surface area contributed by atoms with Crippen LogP contribution < -0.4 is 4.74 Å². The van der Waals surface area contributed by atoms with Gasteiger partial charge in [-0.25, -0.2) is 0 Å². The Morgan fingerprint density at radius 2 is 1.89 bits per heavy atom. The molecule has 98 valence electrons. The molecule has 0 atom stereocenters. The van der Waals surface area contributed by atoms with Crippen molar-refractivity contribution in [1.29, 1.82) is 0 Å². The normalized spacial score (nSPS) is 10.3. The lowest BCUT2D eigenvalue weighted by Crippen LogP contribution is -2.11. The smallest absolute Gasteiger partial charge is 0.200 e. The number of ether oxygens (including phenoxy) is 1. The Kier molecular flexibility index (Phi) is 4.38. The largest absolute Gasteiger partial charge is 0.485 e. The summed E-state index contributed by atoms with van der Waals surface area (Å²) in [4.78, 5) is 12.0. The molecule has 0 heterocycles. The van der Waals surface area contributed by atoms with E-state index in [-0.39, 0.29) is 12.4 Å². The highest BCUT2D eigenvalue weighted by Gasteiger charge is 2.08. The van der Waals surface area contributed by atoms with Gasteiger partial charge in [-0.15, -0.1) is 0 Å². The fourth-order valence-corrected chi connectivity index (χ4v) is 2.08. The first-order valence-corrected chi connectivity index (χ1v) is 6.84. The zero-order valence-electron chi connectivity index (χ0n) is 10.9. The van der Waals surface area contributed by atoms with E-state index in [2.05, 4.69) is 15.9 Å². The molecule has 3 heteroatoms. The number of carbonyl (C=O) groups excluding carboxylic acids is 1. The van der Waals surface area contributed by atoms with Crippen LogP contribution in [0.3, 0.4) is 0 Å². The molecule has 0 unspecified atom stereocenters. The van der Waals surface area contributed by atoms with Crippen molar-refractivity contribution in [2.45, 2.75) is 13.8 Å². The Morgan fingerprint density at radius 3 is 2.58 bits per heavy atom. The Labute approximate surface area is 121 Å². The average Bonchev–Trinajstić information content (AvgIpc) is 2.39. The standard InChI is InChI=1S/C16H15BrO2/c1-11-6-7-13(8-12(11)2)16(18)10-19-15-5-3-4-14(17)9-15/h3-9H,10H2,1-2H3. The van der Waals surface area contributed by atoms with Crippen LogP contribution in [0.5, 0.6) is 5.75 Å². The van der Waals surface area contributed by atoms with Gasteiger partial charge in [0.15, 0.2) is 12.4 Å². The van der Waals surface area contributed by atoms with Gasteiger partial charge in [0.05, 0.1) is 0 Å². The van der Waals surface area contributed by atoms with E-state index in [4.69, 9.17) is 4.74 Å². The number of benzene rings is 2. The molecule has 19 heavy (non-hydrogen) atoms. The van der Waals surface area contributed by atoms with Gasteiger partial charge in [-0.2, -0.15) is 0 Å². The summed E-state index contributed by atoms with van der Waals surface area (Å²) in [5.41, 5.74) is 3.00. The monoisotopic (exact) mass is 318 g/mol. The number of hydrogen-bond acceptors (Lipinski definition) is 2. The summed E-state index contributed by atoms with van der Waals surface area (Å²) < 4.78 is 6.43. The summed E-state index contributed by atoms with van der Waals surface area (Å²) in [5, 5.41) is 0. The van der Waals surface area contributed by atoms with Gasteiger partial charge in [-0.3, -0.25) is 4.79 Å². The summed E-state index contributed by atoms with van der Waals surface area (Å²) in [6.07, 6.45) is 0. The lowest BCUT2D eigenvalue weighted by atomic mass is 10.0. The third kappa shape index (κ3) is 3.67. The Bertz CT molecular complexity index is 605. The van der Waals surface area contributed by atoms with Crippen LogP contribution in [0.1, 0.15) is 21.5 Å². The van der Waals surface area contributed by atoms with Crippen LogP contribution in [0, 0.1) is 13.8 Å². The second kappa shape index (κ2) is 6.02. The molecule has 0 aliphatic rings. The van der Waals surface area contributed by atoms with E-state index >= 15 is 0 Å². The van der Waals surface area contributed by atoms with Gasteiger partial charge in [0.1, 0.15) is 5.75 Å². The van der Waals surface area contributed by atoms with E-state index < -0.39 is 0 Å². The number of ketones is 1. The van der Waals surface area contributed by atoms with E-state index in [1.807, 2.05) is 56.3 Å². The average molecular weight is 319 g/mol. The molecular formula is C16H15BrO2. The summed E-state index contributed by atoms with van der Waals surface area (Å²) in [5.74, 6) is 0.676. The van der Waals surface area contributed by atoms with E-state index in [0.717, 1.165) is 10.0 Å². The van der Waals surface area contributed by atoms with Gasteiger partial charge in [0, 0.05) is 10.0 Å². The highest BCUT2D eigenvalue weighted by molar-refractivity contribution is 9.10. The quantitative estimate of drug-likeness (QED) is 0.784. The van der Waals surface area contributed by atoms with E-state index in [1.54, 1.807) is 0 Å². The molecule has 2 nitrogen and oxygen atoms in total. The first kappa shape index (κ1) is 13.8. The Balaban J connectivity index is 2.03. The fourth-order valence-electron chi connectivity index (χ4n) is 1.70. The summed E-state index contributed by atoms with van der Waals surface area (Å²) in [7, 11) is 0. The minimum Gasteiger partial charge on any atom is -0.485 e. The highest BCUT2D eigenvalue weighted by atomic mass is 79.9. The predicted molar refractivity (Wildman–Crippen MR) is 79.9 cm³/mol. The van der Waals surface area contributed by atoms with Crippen molar-refractivity contribution in [3.63, 3.8) is 0 Å². The molecule has 0 amide bonds. The van der Waals surface area contributed by atoms with E-state index in [1.165, 1.54) is 5.56 Å². The van der Waals surface area contributed by atoms with Crippen LogP contribution >= 0.6 is 15.9 Å². The number of aryl methyl sites for hydroxylation is 2. The molecule has 2 aromatic rings. The molecule has 0 N–H and O–H groups in total. The summed E-state index contributed by atoms with van der Waals surface area (Å²) >= 11 is 3.37. The highest BCUT2D eigenvalue weighted by Crippen LogP contribution is 2.18. The molecule has 0 radical (unpaired) electrons. The second-order valence-electron chi connectivity index (χ2n) is 4.47. The van der Waals surface area contributed by atoms with E-state index in [9.17, 15) is 4.79 Å². The number of hydrogen-bond donors (Lipinski definition) is 0. The number of carbonyl (C=O) groups is 1. The zero-order chi connectivity index (χ0) is 13.8. The third-order valence-electron chi connectivity index (χ3n) is 2.99. The molecule has 0 bridgehead atoms. The number of rotatable bonds is 4. The number of halogens is 1. The van der Waals surface area contributed by atoms with Crippen molar-refractivity contribution in [2.75, 3.05) is 6.61 Å². The molecule has 0 fully saturated rings. The SMILES string of the molecule is Cc1ccc(C(=O)COc2cccc(Br)c2)cc1C. The lowest BCUT2D eigenvalue weighted by Gasteiger charge is -2.07. The maximum atomic E-state index is 12.0. The van der Waals surface area contributed by atoms with Crippen LogP contribution in [-0.4, -0.2) is 12.4 Å². The van der Waals surface area contributed by atoms with Gasteiger partial charge >= 0.3 is 0 Å². The lowest BCUT2D eigenvalue weighted by molar-refractivity contribution is 0.0921. The third-order valence-corrected chi connectivity index (χ3v) is 3.49.